The number of ether oxygens (including phenoxy) is 1. The van der Waals surface area contributed by atoms with Crippen molar-refractivity contribution in [2.75, 3.05) is 52.7 Å². The quantitative estimate of drug-likeness (QED) is 0.0253. The average Bonchev–Trinajstić information content (AvgIpc) is 3.85. The van der Waals surface area contributed by atoms with Gasteiger partial charge in [-0.05, 0) is 25.2 Å². The van der Waals surface area contributed by atoms with Crippen LogP contribution in [0.4, 0.5) is 0 Å². The minimum Gasteiger partial charge on any atom is -0.394 e. The number of aliphatic hydroxyl groups is 6. The van der Waals surface area contributed by atoms with E-state index in [2.05, 4.69) is 36.4 Å². The molecular weight excluding hydrogens is 704 g/mol. The van der Waals surface area contributed by atoms with E-state index in [4.69, 9.17) is 19.8 Å². The first-order valence-corrected chi connectivity index (χ1v) is 17.4. The number of likely N-dealkylation sites (tertiary alicyclic amines) is 1. The highest BCUT2D eigenvalue weighted by molar-refractivity contribution is 5.95. The normalized spacial score (nSPS) is 17.8. The molecule has 5 amide bonds. The summed E-state index contributed by atoms with van der Waals surface area (Å²) < 4.78 is 5.18. The summed E-state index contributed by atoms with van der Waals surface area (Å²) in [6, 6.07) is -4.63. The first-order chi connectivity index (χ1) is 25.3. The Hall–Kier alpha value is -4.25. The van der Waals surface area contributed by atoms with Gasteiger partial charge in [-0.1, -0.05) is 19.0 Å². The third kappa shape index (κ3) is 15.7. The van der Waals surface area contributed by atoms with Crippen molar-refractivity contribution >= 4 is 35.8 Å². The summed E-state index contributed by atoms with van der Waals surface area (Å²) >= 11 is 0. The van der Waals surface area contributed by atoms with Crippen molar-refractivity contribution in [3.8, 4) is 0 Å². The highest BCUT2D eigenvalue weighted by atomic mass is 16.6. The zero-order valence-electron chi connectivity index (χ0n) is 29.9. The van der Waals surface area contributed by atoms with Gasteiger partial charge in [-0.3, -0.25) is 24.0 Å². The Kier molecular flexibility index (Phi) is 20.5. The van der Waals surface area contributed by atoms with Gasteiger partial charge in [-0.2, -0.15) is 0 Å². The maximum absolute atomic E-state index is 13.7. The summed E-state index contributed by atoms with van der Waals surface area (Å²) in [7, 11) is 0. The zero-order chi connectivity index (χ0) is 39.3. The molecule has 1 aromatic heterocycles. The lowest BCUT2D eigenvalue weighted by Gasteiger charge is -2.28. The van der Waals surface area contributed by atoms with Crippen LogP contribution in [0.3, 0.4) is 0 Å². The fraction of sp³-hybridized carbons (Fsp3) is 0.719. The van der Waals surface area contributed by atoms with Crippen LogP contribution in [0.15, 0.2) is 17.7 Å². The van der Waals surface area contributed by atoms with Crippen molar-refractivity contribution in [1.29, 1.82) is 0 Å². The van der Waals surface area contributed by atoms with Crippen LogP contribution in [0, 0.1) is 5.92 Å². The molecule has 0 spiro atoms. The number of oxime groups is 1. The van der Waals surface area contributed by atoms with E-state index in [-0.39, 0.29) is 64.1 Å². The summed E-state index contributed by atoms with van der Waals surface area (Å²) in [5.41, 5.74) is 0.462. The fourth-order valence-corrected chi connectivity index (χ4v) is 5.27. The van der Waals surface area contributed by atoms with Gasteiger partial charge in [-0.25, -0.2) is 4.98 Å². The molecule has 53 heavy (non-hydrogen) atoms. The summed E-state index contributed by atoms with van der Waals surface area (Å²) in [5.74, 6) is -3.20. The Morgan fingerprint density at radius 3 is 2.34 bits per heavy atom. The van der Waals surface area contributed by atoms with Crippen LogP contribution in [0.25, 0.3) is 0 Å². The van der Waals surface area contributed by atoms with E-state index in [1.807, 2.05) is 13.8 Å². The molecule has 11 N–H and O–H groups in total. The van der Waals surface area contributed by atoms with Gasteiger partial charge < -0.3 is 71.4 Å². The van der Waals surface area contributed by atoms with Gasteiger partial charge in [0.25, 0.3) is 0 Å². The van der Waals surface area contributed by atoms with Gasteiger partial charge in [0.15, 0.2) is 0 Å². The van der Waals surface area contributed by atoms with E-state index in [1.54, 1.807) is 0 Å². The maximum atomic E-state index is 13.7. The fourth-order valence-electron chi connectivity index (χ4n) is 5.27. The summed E-state index contributed by atoms with van der Waals surface area (Å²) in [5, 5.41) is 69.8. The van der Waals surface area contributed by atoms with Crippen molar-refractivity contribution in [1.82, 2.24) is 36.1 Å². The molecule has 0 saturated carbocycles. The molecular formula is C32H54N8O13. The standard InChI is InChI=1S/C32H54N8O13/c1-19(2)12-21(38-32(51)24-4-3-7-40(24)27(46)5-9-52-11-8-41)30(49)37-22(13-20-14-33-18-35-20)31(50)39-23(16-42)29(48)34-6-10-53-36-15-25(44)28(47)26(45)17-43/h14-15,18-19,21-26,28,41-45,47H,3-13,16-17H2,1-2H3,(H,33,35)(H,34,48)(H,37,49)(H,38,51)(H,39,50)/b36-15+/t21-,22-,23-,24?,25?,26?,28?/m0/s1. The lowest BCUT2D eigenvalue weighted by molar-refractivity contribution is -0.140. The van der Waals surface area contributed by atoms with Crippen LogP contribution in [-0.2, 0) is 40.0 Å². The van der Waals surface area contributed by atoms with E-state index in [1.165, 1.54) is 17.4 Å². The number of aromatic amines is 1. The molecule has 0 aliphatic carbocycles. The second-order valence-electron chi connectivity index (χ2n) is 12.7. The monoisotopic (exact) mass is 758 g/mol. The van der Waals surface area contributed by atoms with Crippen molar-refractivity contribution in [2.45, 2.75) is 88.4 Å². The predicted molar refractivity (Wildman–Crippen MR) is 184 cm³/mol. The number of amides is 5. The number of imidazole rings is 1. The number of H-pyrrole nitrogens is 1. The van der Waals surface area contributed by atoms with Crippen molar-refractivity contribution < 1.29 is 64.2 Å². The summed E-state index contributed by atoms with van der Waals surface area (Å²) in [4.78, 5) is 79.2. The lowest BCUT2D eigenvalue weighted by Crippen LogP contribution is -2.59. The number of nitrogens with zero attached hydrogens (tertiary/aromatic N) is 3. The van der Waals surface area contributed by atoms with Crippen molar-refractivity contribution in [2.24, 2.45) is 11.1 Å². The Balaban J connectivity index is 2.04. The summed E-state index contributed by atoms with van der Waals surface area (Å²) in [6.07, 6.45) is -0.259. The van der Waals surface area contributed by atoms with Crippen molar-refractivity contribution in [3.05, 3.63) is 18.2 Å². The molecule has 2 rings (SSSR count). The van der Waals surface area contributed by atoms with Gasteiger partial charge in [0, 0.05) is 24.9 Å². The number of carbonyl (C=O) groups is 5. The van der Waals surface area contributed by atoms with Crippen LogP contribution < -0.4 is 21.3 Å². The largest absolute Gasteiger partial charge is 0.394 e. The van der Waals surface area contributed by atoms with Gasteiger partial charge in [0.2, 0.25) is 29.5 Å². The highest BCUT2D eigenvalue weighted by Gasteiger charge is 2.37. The van der Waals surface area contributed by atoms with E-state index >= 15 is 0 Å². The molecule has 4 unspecified atom stereocenters. The predicted octanol–water partition coefficient (Wildman–Crippen LogP) is -4.97. The Morgan fingerprint density at radius 1 is 0.981 bits per heavy atom. The maximum Gasteiger partial charge on any atom is 0.245 e. The molecule has 0 bridgehead atoms. The molecule has 1 aromatic rings. The highest BCUT2D eigenvalue weighted by Crippen LogP contribution is 2.19. The molecule has 0 radical (unpaired) electrons. The van der Waals surface area contributed by atoms with Crippen LogP contribution in [0.5, 0.6) is 0 Å². The van der Waals surface area contributed by atoms with Gasteiger partial charge in [-0.15, -0.1) is 0 Å². The van der Waals surface area contributed by atoms with Gasteiger partial charge in [0.1, 0.15) is 49.1 Å². The molecule has 1 fully saturated rings. The Bertz CT molecular complexity index is 1300. The Labute approximate surface area is 306 Å². The molecule has 7 atom stereocenters. The third-order valence-corrected chi connectivity index (χ3v) is 8.05. The number of aromatic nitrogens is 2. The van der Waals surface area contributed by atoms with Crippen LogP contribution >= 0.6 is 0 Å². The number of rotatable bonds is 25. The van der Waals surface area contributed by atoms with Crippen LogP contribution in [0.1, 0.15) is 45.2 Å². The average molecular weight is 759 g/mol. The molecule has 1 saturated heterocycles. The smallest absolute Gasteiger partial charge is 0.245 e. The van der Waals surface area contributed by atoms with E-state index < -0.39 is 79.3 Å². The van der Waals surface area contributed by atoms with E-state index in [9.17, 15) is 44.4 Å². The number of aliphatic hydroxyl groups excluding tert-OH is 6. The minimum atomic E-state index is -1.71. The Morgan fingerprint density at radius 2 is 1.70 bits per heavy atom. The first kappa shape index (κ1) is 44.9. The van der Waals surface area contributed by atoms with Crippen molar-refractivity contribution in [3.63, 3.8) is 0 Å². The number of nitrogens with one attached hydrogen (secondary N) is 5. The summed E-state index contributed by atoms with van der Waals surface area (Å²) in [6.45, 7) is 2.06. The molecule has 1 aliphatic heterocycles. The van der Waals surface area contributed by atoms with Gasteiger partial charge >= 0.3 is 0 Å². The minimum absolute atomic E-state index is 0.0230. The molecule has 1 aliphatic rings. The zero-order valence-corrected chi connectivity index (χ0v) is 29.9. The second-order valence-corrected chi connectivity index (χ2v) is 12.7. The van der Waals surface area contributed by atoms with Gasteiger partial charge in [0.05, 0.1) is 58.5 Å². The van der Waals surface area contributed by atoms with Crippen LogP contribution in [-0.4, -0.2) is 176 Å². The second kappa shape index (κ2) is 24.1. The number of hydrogen-bond acceptors (Lipinski definition) is 15. The van der Waals surface area contributed by atoms with E-state index in [0.29, 0.717) is 25.1 Å². The van der Waals surface area contributed by atoms with Crippen LogP contribution in [0.2, 0.25) is 0 Å². The topological polar surface area (TPSA) is 318 Å². The molecule has 0 aromatic carbocycles. The molecule has 21 nitrogen and oxygen atoms in total. The third-order valence-electron chi connectivity index (χ3n) is 8.05. The number of carbonyl (C=O) groups excluding carboxylic acids is 5. The molecule has 21 heteroatoms. The first-order valence-electron chi connectivity index (χ1n) is 17.4. The molecule has 2 heterocycles. The van der Waals surface area contributed by atoms with E-state index in [0.717, 1.165) is 6.21 Å². The molecule has 300 valence electrons. The SMILES string of the molecule is CC(C)C[C@H](NC(=O)C1CCCN1C(=O)CCOCCO)C(=O)N[C@@H](Cc1cnc[nH]1)C(=O)N[C@@H](CO)C(=O)NCCO/N=C/C(O)C(O)C(O)CO. The lowest BCUT2D eigenvalue weighted by atomic mass is 10.0. The number of hydrogen-bond donors (Lipinski definition) is 11.